The van der Waals surface area contributed by atoms with Gasteiger partial charge in [-0.25, -0.2) is 8.42 Å². The van der Waals surface area contributed by atoms with Crippen molar-refractivity contribution in [1.29, 1.82) is 0 Å². The molecule has 6 nitrogen and oxygen atoms in total. The van der Waals surface area contributed by atoms with Crippen LogP contribution in [0, 0.1) is 0 Å². The molecule has 0 spiro atoms. The number of hydrogen-bond acceptors (Lipinski definition) is 4. The van der Waals surface area contributed by atoms with E-state index in [-0.39, 0.29) is 18.4 Å². The van der Waals surface area contributed by atoms with Gasteiger partial charge in [-0.1, -0.05) is 48.9 Å². The summed E-state index contributed by atoms with van der Waals surface area (Å²) in [5.41, 5.74) is 1.45. The molecule has 144 valence electrons. The van der Waals surface area contributed by atoms with Crippen LogP contribution >= 0.6 is 11.6 Å². The van der Waals surface area contributed by atoms with Crippen molar-refractivity contribution in [3.8, 4) is 5.75 Å². The molecule has 0 unspecified atom stereocenters. The number of hydrogen-bond donors (Lipinski definition) is 1. The van der Waals surface area contributed by atoms with Gasteiger partial charge in [-0.05, 0) is 29.7 Å². The first-order valence-electron chi connectivity index (χ1n) is 8.52. The number of nitrogens with one attached hydrogen (secondary N) is 1. The van der Waals surface area contributed by atoms with Crippen molar-refractivity contribution >= 4 is 33.2 Å². The number of benzene rings is 2. The number of ether oxygens (including phenoxy) is 1. The van der Waals surface area contributed by atoms with Crippen molar-refractivity contribution in [2.45, 2.75) is 18.9 Å². The molecule has 2 atom stereocenters. The van der Waals surface area contributed by atoms with Crippen LogP contribution in [0.4, 0.5) is 5.69 Å². The molecule has 0 fully saturated rings. The van der Waals surface area contributed by atoms with Gasteiger partial charge in [-0.3, -0.25) is 9.10 Å². The second-order valence-corrected chi connectivity index (χ2v) is 8.91. The van der Waals surface area contributed by atoms with E-state index in [0.29, 0.717) is 23.0 Å². The summed E-state index contributed by atoms with van der Waals surface area (Å²) in [6.07, 6.45) is 0.159. The second-order valence-electron chi connectivity index (χ2n) is 6.57. The van der Waals surface area contributed by atoms with Crippen molar-refractivity contribution in [2.24, 2.45) is 0 Å². The highest BCUT2D eigenvalue weighted by molar-refractivity contribution is 7.92. The fourth-order valence-electron chi connectivity index (χ4n) is 2.94. The maximum Gasteiger partial charge on any atom is 0.263 e. The highest BCUT2D eigenvalue weighted by atomic mass is 35.5. The molecule has 1 amide bonds. The van der Waals surface area contributed by atoms with Gasteiger partial charge in [-0.15, -0.1) is 0 Å². The van der Waals surface area contributed by atoms with Crippen LogP contribution in [0.2, 0.25) is 5.02 Å². The first-order chi connectivity index (χ1) is 12.8. The minimum absolute atomic E-state index is 0.0995. The molecule has 2 aromatic carbocycles. The fraction of sp³-hybridized carbons (Fsp3) is 0.316. The lowest BCUT2D eigenvalue weighted by atomic mass is 10.0. The van der Waals surface area contributed by atoms with Gasteiger partial charge < -0.3 is 10.1 Å². The van der Waals surface area contributed by atoms with Crippen LogP contribution < -0.4 is 14.4 Å². The van der Waals surface area contributed by atoms with Crippen molar-refractivity contribution in [1.82, 2.24) is 5.32 Å². The Labute approximate surface area is 164 Å². The summed E-state index contributed by atoms with van der Waals surface area (Å²) in [5.74, 6) is 0.0789. The normalized spacial score (nSPS) is 17.6. The number of halogens is 1. The number of carbonyl (C=O) groups is 1. The van der Waals surface area contributed by atoms with Crippen LogP contribution in [-0.2, 0) is 14.8 Å². The number of carbonyl (C=O) groups excluding carboxylic acids is 1. The van der Waals surface area contributed by atoms with Crippen molar-refractivity contribution in [3.05, 3.63) is 59.1 Å². The summed E-state index contributed by atoms with van der Waals surface area (Å²) in [5, 5.41) is 3.25. The summed E-state index contributed by atoms with van der Waals surface area (Å²) in [6.45, 7) is 2.34. The number of rotatable bonds is 5. The lowest BCUT2D eigenvalue weighted by Crippen LogP contribution is -2.50. The molecule has 27 heavy (non-hydrogen) atoms. The highest BCUT2D eigenvalue weighted by Gasteiger charge is 2.35. The lowest BCUT2D eigenvalue weighted by Gasteiger charge is -2.34. The number of amides is 1. The van der Waals surface area contributed by atoms with Gasteiger partial charge in [0, 0.05) is 11.6 Å². The molecule has 1 N–H and O–H groups in total. The molecular formula is C19H21ClN2O4S. The third kappa shape index (κ3) is 4.54. The first-order valence-corrected chi connectivity index (χ1v) is 10.7. The van der Waals surface area contributed by atoms with Crippen molar-refractivity contribution < 1.29 is 17.9 Å². The van der Waals surface area contributed by atoms with Crippen molar-refractivity contribution in [3.63, 3.8) is 0 Å². The lowest BCUT2D eigenvalue weighted by molar-refractivity contribution is -0.127. The summed E-state index contributed by atoms with van der Waals surface area (Å²) < 4.78 is 31.2. The monoisotopic (exact) mass is 408 g/mol. The van der Waals surface area contributed by atoms with Crippen LogP contribution in [0.3, 0.4) is 0 Å². The number of nitrogens with zero attached hydrogens (tertiary/aromatic N) is 1. The Morgan fingerprint density at radius 3 is 2.67 bits per heavy atom. The van der Waals surface area contributed by atoms with E-state index in [2.05, 4.69) is 5.32 Å². The van der Waals surface area contributed by atoms with Gasteiger partial charge in [0.2, 0.25) is 10.0 Å². The largest absolute Gasteiger partial charge is 0.476 e. The average Bonchev–Trinajstić information content (AvgIpc) is 2.64. The van der Waals surface area contributed by atoms with Crippen LogP contribution in [0.15, 0.2) is 48.5 Å². The number of anilines is 1. The van der Waals surface area contributed by atoms with E-state index in [0.717, 1.165) is 16.1 Å². The van der Waals surface area contributed by atoms with E-state index < -0.39 is 16.1 Å². The zero-order valence-corrected chi connectivity index (χ0v) is 16.6. The Kier molecular flexibility index (Phi) is 5.62. The van der Waals surface area contributed by atoms with E-state index in [4.69, 9.17) is 16.3 Å². The predicted molar refractivity (Wildman–Crippen MR) is 106 cm³/mol. The third-order valence-corrected chi connectivity index (χ3v) is 5.82. The molecular weight excluding hydrogens is 388 g/mol. The molecule has 0 saturated carbocycles. The molecule has 2 aromatic rings. The molecule has 0 bridgehead atoms. The van der Waals surface area contributed by atoms with Crippen LogP contribution in [0.25, 0.3) is 0 Å². The zero-order chi connectivity index (χ0) is 19.6. The predicted octanol–water partition coefficient (Wildman–Crippen LogP) is 2.79. The van der Waals surface area contributed by atoms with Crippen LogP contribution in [0.1, 0.15) is 18.4 Å². The summed E-state index contributed by atoms with van der Waals surface area (Å²) in [7, 11) is -3.58. The standard InChI is InChI=1S/C19H21ClN2O4S/c1-13(14-6-4-3-5-7-14)11-21-19(23)18-12-22(27(2,24)25)16-10-15(20)8-9-17(16)26-18/h3-10,13,18H,11-12H2,1-2H3,(H,21,23)/t13-,18+/m1/s1. The SMILES string of the molecule is C[C@H](CNC(=O)[C@@H]1CN(S(C)(=O)=O)c2cc(Cl)ccc2O1)c1ccccc1. The van der Waals surface area contributed by atoms with Gasteiger partial charge in [0.05, 0.1) is 18.5 Å². The van der Waals surface area contributed by atoms with E-state index in [9.17, 15) is 13.2 Å². The molecule has 0 aliphatic carbocycles. The molecule has 3 rings (SSSR count). The van der Waals surface area contributed by atoms with Crippen molar-refractivity contribution in [2.75, 3.05) is 23.7 Å². The maximum atomic E-state index is 12.6. The number of sulfonamides is 1. The summed E-state index contributed by atoms with van der Waals surface area (Å²) in [4.78, 5) is 12.6. The molecule has 0 aromatic heterocycles. The maximum absolute atomic E-state index is 12.6. The van der Waals surface area contributed by atoms with E-state index in [1.54, 1.807) is 12.1 Å². The topological polar surface area (TPSA) is 75.7 Å². The quantitative estimate of drug-likeness (QED) is 0.825. The highest BCUT2D eigenvalue weighted by Crippen LogP contribution is 2.37. The van der Waals surface area contributed by atoms with Gasteiger partial charge in [0.25, 0.3) is 5.91 Å². The van der Waals surface area contributed by atoms with Gasteiger partial charge in [0.1, 0.15) is 5.75 Å². The van der Waals surface area contributed by atoms with Gasteiger partial charge in [0.15, 0.2) is 6.10 Å². The number of fused-ring (bicyclic) bond motifs is 1. The minimum Gasteiger partial charge on any atom is -0.476 e. The Bertz CT molecular complexity index is 934. The minimum atomic E-state index is -3.58. The zero-order valence-electron chi connectivity index (χ0n) is 15.1. The molecule has 1 heterocycles. The average molecular weight is 409 g/mol. The van der Waals surface area contributed by atoms with Crippen LogP contribution in [0.5, 0.6) is 5.75 Å². The molecule has 0 saturated heterocycles. The second kappa shape index (κ2) is 7.78. The van der Waals surface area contributed by atoms with Gasteiger partial charge in [-0.2, -0.15) is 0 Å². The van der Waals surface area contributed by atoms with Gasteiger partial charge >= 0.3 is 0 Å². The first kappa shape index (κ1) is 19.5. The Morgan fingerprint density at radius 1 is 1.30 bits per heavy atom. The smallest absolute Gasteiger partial charge is 0.263 e. The third-order valence-electron chi connectivity index (χ3n) is 4.43. The molecule has 1 aliphatic heterocycles. The Hall–Kier alpha value is -2.25. The molecule has 0 radical (unpaired) electrons. The molecule has 8 heteroatoms. The summed E-state index contributed by atoms with van der Waals surface area (Å²) >= 11 is 5.98. The Balaban J connectivity index is 1.73. The summed E-state index contributed by atoms with van der Waals surface area (Å²) in [6, 6.07) is 14.5. The Morgan fingerprint density at radius 2 is 2.00 bits per heavy atom. The van der Waals surface area contributed by atoms with E-state index in [1.807, 2.05) is 37.3 Å². The molecule has 1 aliphatic rings. The fourth-order valence-corrected chi connectivity index (χ4v) is 4.01. The van der Waals surface area contributed by atoms with Crippen LogP contribution in [-0.4, -0.2) is 39.8 Å². The van der Waals surface area contributed by atoms with E-state index in [1.165, 1.54) is 6.07 Å². The van der Waals surface area contributed by atoms with E-state index >= 15 is 0 Å².